The summed E-state index contributed by atoms with van der Waals surface area (Å²) < 4.78 is 73.8. The third-order valence-electron chi connectivity index (χ3n) is 5.00. The highest BCUT2D eigenvalue weighted by Crippen LogP contribution is 2.29. The fourth-order valence-electron chi connectivity index (χ4n) is 2.97. The van der Waals surface area contributed by atoms with Crippen LogP contribution in [-0.2, 0) is 6.54 Å². The number of nitrogens with two attached hydrogens (primary N) is 1. The standard InChI is InChI=1S/C21H18F5N7O/c1-20(27,21(24,25)26)11-29-18-14(23)9-28-19(30-18)16-8-17(15-6-7-34-32-15)33(31-16)10-12-4-2-3-5-13(12)22/h2-9H,10-11,27H2,1H3,(H,28,29,30)/t20-/m0/s1. The Morgan fingerprint density at radius 3 is 2.53 bits per heavy atom. The van der Waals surface area contributed by atoms with Crippen molar-refractivity contribution in [3.63, 3.8) is 0 Å². The molecule has 0 saturated heterocycles. The van der Waals surface area contributed by atoms with E-state index in [-0.39, 0.29) is 18.1 Å². The van der Waals surface area contributed by atoms with Crippen LogP contribution in [0.1, 0.15) is 12.5 Å². The molecule has 0 aliphatic carbocycles. The minimum Gasteiger partial charge on any atom is -0.365 e. The largest absolute Gasteiger partial charge is 0.407 e. The highest BCUT2D eigenvalue weighted by Gasteiger charge is 2.48. The Bertz CT molecular complexity index is 1290. The van der Waals surface area contributed by atoms with Gasteiger partial charge in [-0.25, -0.2) is 18.7 Å². The normalized spacial score (nSPS) is 13.6. The van der Waals surface area contributed by atoms with Crippen molar-refractivity contribution >= 4 is 5.82 Å². The molecule has 3 heterocycles. The van der Waals surface area contributed by atoms with Gasteiger partial charge in [-0.15, -0.1) is 0 Å². The molecular weight excluding hydrogens is 461 g/mol. The topological polar surface area (TPSA) is 108 Å². The Kier molecular flexibility index (Phi) is 6.04. The lowest BCUT2D eigenvalue weighted by Gasteiger charge is -2.27. The molecule has 0 amide bonds. The van der Waals surface area contributed by atoms with E-state index < -0.39 is 35.7 Å². The number of alkyl halides is 3. The fourth-order valence-corrected chi connectivity index (χ4v) is 2.97. The Hall–Kier alpha value is -3.87. The lowest BCUT2D eigenvalue weighted by Crippen LogP contribution is -2.55. The lowest BCUT2D eigenvalue weighted by molar-refractivity contribution is -0.176. The van der Waals surface area contributed by atoms with Crippen molar-refractivity contribution in [1.29, 1.82) is 0 Å². The van der Waals surface area contributed by atoms with Gasteiger partial charge < -0.3 is 15.6 Å². The van der Waals surface area contributed by atoms with Crippen LogP contribution in [0, 0.1) is 11.6 Å². The molecule has 0 aliphatic heterocycles. The van der Waals surface area contributed by atoms with E-state index in [1.54, 1.807) is 24.3 Å². The van der Waals surface area contributed by atoms with Crippen LogP contribution in [0.5, 0.6) is 0 Å². The van der Waals surface area contributed by atoms with E-state index >= 15 is 0 Å². The van der Waals surface area contributed by atoms with Gasteiger partial charge in [-0.3, -0.25) is 4.68 Å². The number of benzene rings is 1. The van der Waals surface area contributed by atoms with Gasteiger partial charge >= 0.3 is 6.18 Å². The number of halogens is 5. The molecule has 1 atom stereocenters. The van der Waals surface area contributed by atoms with Crippen molar-refractivity contribution < 1.29 is 26.5 Å². The summed E-state index contributed by atoms with van der Waals surface area (Å²) in [4.78, 5) is 7.86. The highest BCUT2D eigenvalue weighted by molar-refractivity contribution is 5.63. The molecule has 4 aromatic rings. The zero-order valence-corrected chi connectivity index (χ0v) is 17.6. The van der Waals surface area contributed by atoms with Crippen LogP contribution in [0.3, 0.4) is 0 Å². The maximum atomic E-state index is 14.2. The van der Waals surface area contributed by atoms with Gasteiger partial charge in [0.25, 0.3) is 0 Å². The molecule has 0 aliphatic rings. The van der Waals surface area contributed by atoms with Gasteiger partial charge in [0.2, 0.25) is 0 Å². The first-order valence-corrected chi connectivity index (χ1v) is 9.89. The monoisotopic (exact) mass is 479 g/mol. The summed E-state index contributed by atoms with van der Waals surface area (Å²) in [6.07, 6.45) is -2.57. The summed E-state index contributed by atoms with van der Waals surface area (Å²) in [6.45, 7) is -0.0252. The smallest absolute Gasteiger partial charge is 0.365 e. The Labute approximate surface area is 189 Å². The molecule has 0 radical (unpaired) electrons. The predicted octanol–water partition coefficient (Wildman–Crippen LogP) is 4.01. The van der Waals surface area contributed by atoms with Gasteiger partial charge in [-0.1, -0.05) is 23.4 Å². The quantitative estimate of drug-likeness (QED) is 0.386. The summed E-state index contributed by atoms with van der Waals surface area (Å²) in [5.74, 6) is -1.96. The van der Waals surface area contributed by atoms with E-state index in [9.17, 15) is 22.0 Å². The third-order valence-corrected chi connectivity index (χ3v) is 5.00. The molecular formula is C21H18F5N7O. The first-order valence-electron chi connectivity index (χ1n) is 9.89. The Morgan fingerprint density at radius 2 is 1.85 bits per heavy atom. The molecule has 0 saturated carbocycles. The van der Waals surface area contributed by atoms with Gasteiger partial charge in [0, 0.05) is 18.2 Å². The lowest BCUT2D eigenvalue weighted by atomic mass is 10.0. The number of nitrogens with zero attached hydrogens (tertiary/aromatic N) is 5. The van der Waals surface area contributed by atoms with E-state index in [2.05, 4.69) is 25.5 Å². The fraction of sp³-hybridized carbons (Fsp3) is 0.238. The van der Waals surface area contributed by atoms with Crippen LogP contribution >= 0.6 is 0 Å². The average Bonchev–Trinajstić information content (AvgIpc) is 3.44. The van der Waals surface area contributed by atoms with Crippen LogP contribution in [0.25, 0.3) is 22.9 Å². The molecule has 4 rings (SSSR count). The van der Waals surface area contributed by atoms with Crippen LogP contribution in [0.4, 0.5) is 27.8 Å². The highest BCUT2D eigenvalue weighted by atomic mass is 19.4. The molecule has 0 unspecified atom stereocenters. The molecule has 1 aromatic carbocycles. The van der Waals surface area contributed by atoms with Crippen LogP contribution in [0.15, 0.2) is 53.4 Å². The van der Waals surface area contributed by atoms with Crippen molar-refractivity contribution in [2.75, 3.05) is 11.9 Å². The van der Waals surface area contributed by atoms with Gasteiger partial charge in [0.05, 0.1) is 18.4 Å². The molecule has 34 heavy (non-hydrogen) atoms. The first-order chi connectivity index (χ1) is 16.0. The average molecular weight is 479 g/mol. The second-order valence-corrected chi connectivity index (χ2v) is 7.71. The zero-order valence-electron chi connectivity index (χ0n) is 17.6. The molecule has 3 N–H and O–H groups in total. The second-order valence-electron chi connectivity index (χ2n) is 7.71. The number of hydrogen-bond acceptors (Lipinski definition) is 7. The van der Waals surface area contributed by atoms with E-state index in [4.69, 9.17) is 10.3 Å². The van der Waals surface area contributed by atoms with E-state index in [1.165, 1.54) is 23.1 Å². The Morgan fingerprint density at radius 1 is 1.09 bits per heavy atom. The molecule has 0 fully saturated rings. The second kappa shape index (κ2) is 8.82. The molecule has 3 aromatic heterocycles. The van der Waals surface area contributed by atoms with Crippen molar-refractivity contribution in [3.05, 3.63) is 66.1 Å². The molecule has 178 valence electrons. The zero-order chi connectivity index (χ0) is 24.5. The summed E-state index contributed by atoms with van der Waals surface area (Å²) in [7, 11) is 0. The van der Waals surface area contributed by atoms with Crippen molar-refractivity contribution in [1.82, 2.24) is 24.9 Å². The number of rotatable bonds is 7. The Balaban J connectivity index is 1.68. The van der Waals surface area contributed by atoms with Crippen molar-refractivity contribution in [2.24, 2.45) is 5.73 Å². The number of hydrogen-bond donors (Lipinski definition) is 2. The number of anilines is 1. The first kappa shape index (κ1) is 23.3. The summed E-state index contributed by atoms with van der Waals surface area (Å²) in [5, 5.41) is 10.5. The molecule has 13 heteroatoms. The predicted molar refractivity (Wildman–Crippen MR) is 111 cm³/mol. The van der Waals surface area contributed by atoms with Gasteiger partial charge in [-0.2, -0.15) is 18.3 Å². The molecule has 0 bridgehead atoms. The van der Waals surface area contributed by atoms with E-state index in [0.717, 1.165) is 13.1 Å². The van der Waals surface area contributed by atoms with Crippen molar-refractivity contribution in [3.8, 4) is 22.9 Å². The summed E-state index contributed by atoms with van der Waals surface area (Å²) in [6, 6.07) is 9.21. The summed E-state index contributed by atoms with van der Waals surface area (Å²) in [5.41, 5.74) is 3.99. The molecule has 8 nitrogen and oxygen atoms in total. The van der Waals surface area contributed by atoms with Crippen LogP contribution < -0.4 is 11.1 Å². The maximum absolute atomic E-state index is 14.2. The molecule has 0 spiro atoms. The number of nitrogens with one attached hydrogen (secondary N) is 1. The maximum Gasteiger partial charge on any atom is 0.407 e. The summed E-state index contributed by atoms with van der Waals surface area (Å²) >= 11 is 0. The minimum absolute atomic E-state index is 0.0261. The van der Waals surface area contributed by atoms with E-state index in [1.807, 2.05) is 0 Å². The van der Waals surface area contributed by atoms with Crippen molar-refractivity contribution in [2.45, 2.75) is 25.2 Å². The van der Waals surface area contributed by atoms with Crippen LogP contribution in [-0.4, -0.2) is 43.2 Å². The number of aromatic nitrogens is 5. The van der Waals surface area contributed by atoms with Crippen LogP contribution in [0.2, 0.25) is 0 Å². The van der Waals surface area contributed by atoms with E-state index in [0.29, 0.717) is 17.0 Å². The van der Waals surface area contributed by atoms with Gasteiger partial charge in [0.1, 0.15) is 29.0 Å². The van der Waals surface area contributed by atoms with Gasteiger partial charge in [-0.05, 0) is 19.1 Å². The van der Waals surface area contributed by atoms with Gasteiger partial charge in [0.15, 0.2) is 17.5 Å². The SMILES string of the molecule is C[C@](N)(CNc1nc(-c2cc(-c3ccon3)n(Cc3ccccc3F)n2)ncc1F)C(F)(F)F. The third kappa shape index (κ3) is 4.73. The minimum atomic E-state index is -4.72.